The zero-order chi connectivity index (χ0) is 5.98. The molecule has 0 amide bonds. The van der Waals surface area contributed by atoms with Gasteiger partial charge in [0.2, 0.25) is 0 Å². The molecule has 1 heterocycles. The van der Waals surface area contributed by atoms with E-state index < -0.39 is 0 Å². The zero-order valence-corrected chi connectivity index (χ0v) is 4.18. The number of nitrogens with two attached hydrogens (primary N) is 1. The van der Waals surface area contributed by atoms with Crippen molar-refractivity contribution >= 4 is 5.97 Å². The fourth-order valence-electron chi connectivity index (χ4n) is 0.458. The maximum absolute atomic E-state index is 10.2. The van der Waals surface area contributed by atoms with Crippen LogP contribution >= 0.6 is 0 Å². The standard InChI is InChI=1S/C4H6N2O2/c5-6-3-1-4(7)8-2-3/h1,6H,2,5H2. The fourth-order valence-corrected chi connectivity index (χ4v) is 0.458. The van der Waals surface area contributed by atoms with Crippen molar-refractivity contribution in [2.24, 2.45) is 5.84 Å². The summed E-state index contributed by atoms with van der Waals surface area (Å²) in [6.45, 7) is 0.273. The minimum absolute atomic E-state index is 0.273. The molecule has 4 heteroatoms. The van der Waals surface area contributed by atoms with Crippen molar-refractivity contribution in [3.05, 3.63) is 11.8 Å². The molecule has 4 nitrogen and oxygen atoms in total. The number of carbonyl (C=O) groups excluding carboxylic acids is 1. The Kier molecular flexibility index (Phi) is 1.17. The Labute approximate surface area is 46.3 Å². The van der Waals surface area contributed by atoms with E-state index in [1.54, 1.807) is 0 Å². The van der Waals surface area contributed by atoms with Gasteiger partial charge in [0.25, 0.3) is 0 Å². The molecule has 0 spiro atoms. The predicted octanol–water partition coefficient (Wildman–Crippen LogP) is -1.11. The first-order chi connectivity index (χ1) is 3.83. The monoisotopic (exact) mass is 114 g/mol. The summed E-state index contributed by atoms with van der Waals surface area (Å²) in [5.74, 6) is 4.61. The molecule has 0 aromatic carbocycles. The Morgan fingerprint density at radius 2 is 2.62 bits per heavy atom. The molecule has 0 aromatic rings. The number of ether oxygens (including phenoxy) is 1. The maximum Gasteiger partial charge on any atom is 0.333 e. The van der Waals surface area contributed by atoms with E-state index in [1.807, 2.05) is 0 Å². The van der Waals surface area contributed by atoms with Crippen molar-refractivity contribution < 1.29 is 9.53 Å². The number of cyclic esters (lactones) is 1. The van der Waals surface area contributed by atoms with Crippen LogP contribution in [0, 0.1) is 0 Å². The molecule has 0 unspecified atom stereocenters. The van der Waals surface area contributed by atoms with Gasteiger partial charge in [0, 0.05) is 6.08 Å². The quantitative estimate of drug-likeness (QED) is 0.258. The largest absolute Gasteiger partial charge is 0.456 e. The Morgan fingerprint density at radius 1 is 1.88 bits per heavy atom. The normalized spacial score (nSPS) is 17.6. The Bertz CT molecular complexity index is 141. The number of esters is 1. The predicted molar refractivity (Wildman–Crippen MR) is 26.4 cm³/mol. The van der Waals surface area contributed by atoms with E-state index in [0.29, 0.717) is 5.70 Å². The number of hydrogen-bond acceptors (Lipinski definition) is 4. The number of nitrogens with one attached hydrogen (secondary N) is 1. The van der Waals surface area contributed by atoms with Crippen LogP contribution in [-0.4, -0.2) is 12.6 Å². The third-order valence-corrected chi connectivity index (χ3v) is 0.847. The molecule has 0 bridgehead atoms. The van der Waals surface area contributed by atoms with Gasteiger partial charge in [0.05, 0.1) is 5.70 Å². The lowest BCUT2D eigenvalue weighted by Gasteiger charge is -1.93. The summed E-state index contributed by atoms with van der Waals surface area (Å²) >= 11 is 0. The van der Waals surface area contributed by atoms with E-state index >= 15 is 0 Å². The summed E-state index contributed by atoms with van der Waals surface area (Å²) in [7, 11) is 0. The molecule has 0 radical (unpaired) electrons. The average Bonchev–Trinajstić information content (AvgIpc) is 2.14. The highest BCUT2D eigenvalue weighted by Gasteiger charge is 2.09. The van der Waals surface area contributed by atoms with E-state index in [2.05, 4.69) is 10.2 Å². The summed E-state index contributed by atoms with van der Waals surface area (Å²) in [4.78, 5) is 10.2. The van der Waals surface area contributed by atoms with Gasteiger partial charge >= 0.3 is 5.97 Å². The van der Waals surface area contributed by atoms with Crippen molar-refractivity contribution in [2.75, 3.05) is 6.61 Å². The topological polar surface area (TPSA) is 64.3 Å². The van der Waals surface area contributed by atoms with E-state index in [9.17, 15) is 4.79 Å². The highest BCUT2D eigenvalue weighted by atomic mass is 16.5. The number of hydrogen-bond donors (Lipinski definition) is 2. The van der Waals surface area contributed by atoms with Gasteiger partial charge in [0.1, 0.15) is 6.61 Å². The first-order valence-corrected chi connectivity index (χ1v) is 2.17. The molecule has 0 aromatic heterocycles. The van der Waals surface area contributed by atoms with Crippen molar-refractivity contribution in [1.29, 1.82) is 0 Å². The van der Waals surface area contributed by atoms with Crippen LogP contribution in [0.15, 0.2) is 11.8 Å². The Hall–Kier alpha value is -1.03. The van der Waals surface area contributed by atoms with E-state index in [-0.39, 0.29) is 12.6 Å². The molecule has 1 aliphatic heterocycles. The third kappa shape index (κ3) is 0.788. The smallest absolute Gasteiger partial charge is 0.333 e. The number of rotatable bonds is 1. The first-order valence-electron chi connectivity index (χ1n) is 2.17. The van der Waals surface area contributed by atoms with Gasteiger partial charge in [-0.3, -0.25) is 5.84 Å². The van der Waals surface area contributed by atoms with E-state index in [1.165, 1.54) is 6.08 Å². The molecule has 0 aliphatic carbocycles. The fraction of sp³-hybridized carbons (Fsp3) is 0.250. The minimum atomic E-state index is -0.335. The molecule has 44 valence electrons. The van der Waals surface area contributed by atoms with Crippen LogP contribution < -0.4 is 11.3 Å². The molecule has 3 N–H and O–H groups in total. The van der Waals surface area contributed by atoms with Crippen LogP contribution in [0.3, 0.4) is 0 Å². The van der Waals surface area contributed by atoms with Crippen LogP contribution in [0.4, 0.5) is 0 Å². The molecule has 1 aliphatic rings. The van der Waals surface area contributed by atoms with Gasteiger partial charge < -0.3 is 10.2 Å². The molecule has 0 fully saturated rings. The summed E-state index contributed by atoms with van der Waals surface area (Å²) in [5.41, 5.74) is 2.93. The van der Waals surface area contributed by atoms with Crippen LogP contribution in [0.5, 0.6) is 0 Å². The summed E-state index contributed by atoms with van der Waals surface area (Å²) in [6, 6.07) is 0. The maximum atomic E-state index is 10.2. The Morgan fingerprint density at radius 3 is 2.88 bits per heavy atom. The Balaban J connectivity index is 2.57. The molecular weight excluding hydrogens is 108 g/mol. The molecule has 0 atom stereocenters. The summed E-state index contributed by atoms with van der Waals surface area (Å²) in [5, 5.41) is 0. The number of hydrazine groups is 1. The zero-order valence-electron chi connectivity index (χ0n) is 4.18. The van der Waals surface area contributed by atoms with Gasteiger partial charge in [0.15, 0.2) is 0 Å². The second kappa shape index (κ2) is 1.83. The average molecular weight is 114 g/mol. The van der Waals surface area contributed by atoms with Crippen LogP contribution in [0.1, 0.15) is 0 Å². The van der Waals surface area contributed by atoms with Crippen LogP contribution in [-0.2, 0) is 9.53 Å². The molecule has 8 heavy (non-hydrogen) atoms. The SMILES string of the molecule is NNC1=CC(=O)OC1. The summed E-state index contributed by atoms with van der Waals surface area (Å²) in [6.07, 6.45) is 1.32. The third-order valence-electron chi connectivity index (χ3n) is 0.847. The molecule has 0 saturated heterocycles. The lowest BCUT2D eigenvalue weighted by Crippen LogP contribution is -2.21. The van der Waals surface area contributed by atoms with Gasteiger partial charge in [-0.2, -0.15) is 0 Å². The highest BCUT2D eigenvalue weighted by Crippen LogP contribution is 1.98. The van der Waals surface area contributed by atoms with Gasteiger partial charge in [-0.1, -0.05) is 0 Å². The second-order valence-electron chi connectivity index (χ2n) is 1.42. The highest BCUT2D eigenvalue weighted by molar-refractivity contribution is 5.84. The molecule has 0 saturated carbocycles. The van der Waals surface area contributed by atoms with E-state index in [4.69, 9.17) is 5.84 Å². The lowest BCUT2D eigenvalue weighted by molar-refractivity contribution is -0.134. The van der Waals surface area contributed by atoms with Gasteiger partial charge in [-0.15, -0.1) is 0 Å². The van der Waals surface area contributed by atoms with Crippen molar-refractivity contribution in [3.63, 3.8) is 0 Å². The van der Waals surface area contributed by atoms with Gasteiger partial charge in [-0.25, -0.2) is 4.79 Å². The molecular formula is C4H6N2O2. The lowest BCUT2D eigenvalue weighted by atomic mass is 10.5. The van der Waals surface area contributed by atoms with Crippen molar-refractivity contribution in [3.8, 4) is 0 Å². The second-order valence-corrected chi connectivity index (χ2v) is 1.42. The molecule has 1 rings (SSSR count). The first kappa shape index (κ1) is 5.11. The van der Waals surface area contributed by atoms with Crippen molar-refractivity contribution in [1.82, 2.24) is 5.43 Å². The van der Waals surface area contributed by atoms with Crippen LogP contribution in [0.25, 0.3) is 0 Å². The van der Waals surface area contributed by atoms with Crippen LogP contribution in [0.2, 0.25) is 0 Å². The number of carbonyl (C=O) groups is 1. The van der Waals surface area contributed by atoms with Gasteiger partial charge in [-0.05, 0) is 0 Å². The summed E-state index contributed by atoms with van der Waals surface area (Å²) < 4.78 is 4.48. The van der Waals surface area contributed by atoms with Crippen molar-refractivity contribution in [2.45, 2.75) is 0 Å². The minimum Gasteiger partial charge on any atom is -0.456 e. The van der Waals surface area contributed by atoms with E-state index in [0.717, 1.165) is 0 Å².